The van der Waals surface area contributed by atoms with E-state index in [1.165, 1.54) is 0 Å². The summed E-state index contributed by atoms with van der Waals surface area (Å²) in [4.78, 5) is 0. The largest absolute Gasteiger partial charge is 0.396 e. The molecule has 0 amide bonds. The Hall–Kier alpha value is -0.600. The van der Waals surface area contributed by atoms with Crippen molar-refractivity contribution in [1.29, 1.82) is 0 Å². The summed E-state index contributed by atoms with van der Waals surface area (Å²) in [6.07, 6.45) is 9.28. The van der Waals surface area contributed by atoms with Gasteiger partial charge in [0.05, 0.1) is 0 Å². The lowest BCUT2D eigenvalue weighted by Crippen LogP contribution is -2.22. The molecule has 16 heavy (non-hydrogen) atoms. The molecule has 0 aromatic rings. The quantitative estimate of drug-likeness (QED) is 0.681. The van der Waals surface area contributed by atoms with Crippen molar-refractivity contribution < 1.29 is 10.2 Å². The minimum Gasteiger partial charge on any atom is -0.396 e. The monoisotopic (exact) mass is 218 g/mol. The Morgan fingerprint density at radius 2 is 0.938 bits per heavy atom. The molecule has 2 N–H and O–H groups in total. The van der Waals surface area contributed by atoms with Crippen molar-refractivity contribution >= 4 is 0 Å². The van der Waals surface area contributed by atoms with Gasteiger partial charge in [0.2, 0.25) is 0 Å². The fourth-order valence-electron chi connectivity index (χ4n) is 5.28. The minimum absolute atomic E-state index is 0.320. The van der Waals surface area contributed by atoms with Crippen LogP contribution in [0.4, 0.5) is 0 Å². The first-order valence-electron chi connectivity index (χ1n) is 6.45. The van der Waals surface area contributed by atoms with E-state index in [-0.39, 0.29) is 0 Å². The Kier molecular flexibility index (Phi) is 1.76. The van der Waals surface area contributed by atoms with Gasteiger partial charge in [0.1, 0.15) is 0 Å². The highest BCUT2D eigenvalue weighted by atomic mass is 16.3. The van der Waals surface area contributed by atoms with Gasteiger partial charge >= 0.3 is 0 Å². The molecule has 0 aliphatic heterocycles. The van der Waals surface area contributed by atoms with Gasteiger partial charge in [-0.3, -0.25) is 0 Å². The zero-order valence-corrected chi connectivity index (χ0v) is 9.24. The SMILES string of the molecule is OCC1[C@H]2C=C[C@H]3C(CO)[C@@H]4C=C[C@H]1C4C23. The van der Waals surface area contributed by atoms with Crippen LogP contribution in [0, 0.1) is 47.3 Å². The number of aliphatic hydroxyl groups is 2. The highest BCUT2D eigenvalue weighted by Gasteiger charge is 2.63. The van der Waals surface area contributed by atoms with Crippen molar-refractivity contribution in [3.63, 3.8) is 0 Å². The van der Waals surface area contributed by atoms with Gasteiger partial charge in [-0.25, -0.2) is 0 Å². The summed E-state index contributed by atoms with van der Waals surface area (Å²) < 4.78 is 0. The molecule has 2 nitrogen and oxygen atoms in total. The van der Waals surface area contributed by atoms with E-state index >= 15 is 0 Å². The molecule has 0 bridgehead atoms. The topological polar surface area (TPSA) is 40.5 Å². The molecule has 0 heterocycles. The van der Waals surface area contributed by atoms with Crippen LogP contribution in [0.3, 0.4) is 0 Å². The van der Waals surface area contributed by atoms with E-state index in [1.807, 2.05) is 0 Å². The van der Waals surface area contributed by atoms with E-state index in [0.717, 1.165) is 0 Å². The highest BCUT2D eigenvalue weighted by Crippen LogP contribution is 2.66. The van der Waals surface area contributed by atoms with E-state index in [0.29, 0.717) is 60.6 Å². The lowest BCUT2D eigenvalue weighted by molar-refractivity contribution is 0.149. The van der Waals surface area contributed by atoms with E-state index < -0.39 is 0 Å². The van der Waals surface area contributed by atoms with Gasteiger partial charge in [0.15, 0.2) is 0 Å². The van der Waals surface area contributed by atoms with Crippen LogP contribution in [0.25, 0.3) is 0 Å². The van der Waals surface area contributed by atoms with Gasteiger partial charge in [-0.1, -0.05) is 24.3 Å². The second-order valence-electron chi connectivity index (χ2n) is 5.93. The summed E-state index contributed by atoms with van der Waals surface area (Å²) >= 11 is 0. The van der Waals surface area contributed by atoms with Gasteiger partial charge in [0.25, 0.3) is 0 Å². The molecule has 2 heteroatoms. The Morgan fingerprint density at radius 3 is 1.19 bits per heavy atom. The molecule has 86 valence electrons. The van der Waals surface area contributed by atoms with Crippen LogP contribution in [0.5, 0.6) is 0 Å². The molecule has 0 aromatic heterocycles. The van der Waals surface area contributed by atoms with E-state index in [1.54, 1.807) is 0 Å². The second-order valence-corrected chi connectivity index (χ2v) is 5.93. The second kappa shape index (κ2) is 2.99. The first kappa shape index (κ1) is 9.43. The third-order valence-corrected chi connectivity index (χ3v) is 5.73. The Morgan fingerprint density at radius 1 is 0.625 bits per heavy atom. The summed E-state index contributed by atoms with van der Waals surface area (Å²) in [6.45, 7) is 0.639. The lowest BCUT2D eigenvalue weighted by atomic mass is 9.84. The Labute approximate surface area is 95.7 Å². The number of aliphatic hydroxyl groups excluding tert-OH is 2. The summed E-state index contributed by atoms with van der Waals surface area (Å²) in [5, 5.41) is 19.1. The lowest BCUT2D eigenvalue weighted by Gasteiger charge is -2.22. The number of rotatable bonds is 2. The highest BCUT2D eigenvalue weighted by molar-refractivity contribution is 5.29. The Bertz CT molecular complexity index is 309. The first-order valence-corrected chi connectivity index (χ1v) is 6.45. The molecule has 4 rings (SSSR count). The van der Waals surface area contributed by atoms with Crippen LogP contribution >= 0.6 is 0 Å². The van der Waals surface area contributed by atoms with Gasteiger partial charge < -0.3 is 10.2 Å². The zero-order valence-electron chi connectivity index (χ0n) is 9.24. The van der Waals surface area contributed by atoms with Crippen molar-refractivity contribution in [2.45, 2.75) is 0 Å². The van der Waals surface area contributed by atoms with Crippen LogP contribution in [0.2, 0.25) is 0 Å². The number of allylic oxidation sites excluding steroid dienone is 4. The van der Waals surface area contributed by atoms with E-state index in [4.69, 9.17) is 0 Å². The van der Waals surface area contributed by atoms with Gasteiger partial charge in [-0.05, 0) is 47.3 Å². The van der Waals surface area contributed by atoms with Crippen molar-refractivity contribution in [2.24, 2.45) is 47.3 Å². The van der Waals surface area contributed by atoms with Gasteiger partial charge in [-0.15, -0.1) is 0 Å². The maximum Gasteiger partial charge on any atom is 0.0470 e. The van der Waals surface area contributed by atoms with E-state index in [2.05, 4.69) is 24.3 Å². The summed E-state index contributed by atoms with van der Waals surface area (Å²) in [5.74, 6) is 4.61. The number of hydrogen-bond acceptors (Lipinski definition) is 2. The minimum atomic E-state index is 0.320. The molecular weight excluding hydrogens is 200 g/mol. The zero-order chi connectivity index (χ0) is 10.9. The van der Waals surface area contributed by atoms with Crippen molar-refractivity contribution in [3.8, 4) is 0 Å². The van der Waals surface area contributed by atoms with Crippen molar-refractivity contribution in [1.82, 2.24) is 0 Å². The fourth-order valence-corrected chi connectivity index (χ4v) is 5.28. The van der Waals surface area contributed by atoms with Crippen LogP contribution in [0.15, 0.2) is 24.3 Å². The average molecular weight is 218 g/mol. The van der Waals surface area contributed by atoms with Crippen LogP contribution in [-0.4, -0.2) is 23.4 Å². The molecule has 2 unspecified atom stereocenters. The van der Waals surface area contributed by atoms with Crippen LogP contribution in [-0.2, 0) is 0 Å². The third-order valence-electron chi connectivity index (χ3n) is 5.73. The maximum absolute atomic E-state index is 9.57. The summed E-state index contributed by atoms with van der Waals surface area (Å²) in [7, 11) is 0. The standard InChI is InChI=1S/C14H18O2/c15-5-11-7-1-2-8-12(6-16)10-4-3-9(11)14(10)13(7)8/h1-4,7-16H,5-6H2/t7-,8+,9-,10+,11?,12?,13?,14?. The third kappa shape index (κ3) is 0.844. The predicted molar refractivity (Wildman–Crippen MR) is 60.4 cm³/mol. The summed E-state index contributed by atoms with van der Waals surface area (Å²) in [6, 6.07) is 0. The van der Waals surface area contributed by atoms with Crippen LogP contribution in [0.1, 0.15) is 0 Å². The summed E-state index contributed by atoms with van der Waals surface area (Å²) in [5.41, 5.74) is 0. The molecular formula is C14H18O2. The molecule has 2 saturated carbocycles. The molecule has 2 fully saturated rings. The molecule has 0 radical (unpaired) electrons. The molecule has 0 spiro atoms. The van der Waals surface area contributed by atoms with Gasteiger partial charge in [0, 0.05) is 13.2 Å². The molecule has 6 atom stereocenters. The predicted octanol–water partition coefficient (Wildman–Crippen LogP) is 1.07. The fraction of sp³-hybridized carbons (Fsp3) is 0.714. The molecule has 0 saturated heterocycles. The number of hydrogen-bond donors (Lipinski definition) is 2. The molecule has 4 aliphatic carbocycles. The first-order chi connectivity index (χ1) is 7.86. The van der Waals surface area contributed by atoms with Crippen LogP contribution < -0.4 is 0 Å². The maximum atomic E-state index is 9.57. The average Bonchev–Trinajstić information content (AvgIpc) is 2.95. The van der Waals surface area contributed by atoms with Crippen molar-refractivity contribution in [3.05, 3.63) is 24.3 Å². The van der Waals surface area contributed by atoms with E-state index in [9.17, 15) is 10.2 Å². The van der Waals surface area contributed by atoms with Crippen molar-refractivity contribution in [2.75, 3.05) is 13.2 Å². The smallest absolute Gasteiger partial charge is 0.0470 e. The van der Waals surface area contributed by atoms with Gasteiger partial charge in [-0.2, -0.15) is 0 Å². The molecule has 0 aromatic carbocycles. The Balaban J connectivity index is 1.80. The molecule has 4 aliphatic rings. The normalized spacial score (nSPS) is 59.9.